The summed E-state index contributed by atoms with van der Waals surface area (Å²) in [4.78, 5) is 12.1. The first-order valence-corrected chi connectivity index (χ1v) is 10.5. The second kappa shape index (κ2) is 7.83. The minimum atomic E-state index is -3.88. The lowest BCUT2D eigenvalue weighted by atomic mass is 9.88. The minimum absolute atomic E-state index is 0.0369. The molecule has 0 bridgehead atoms. The maximum Gasteiger partial charge on any atom is 0.246 e. The van der Waals surface area contributed by atoms with Gasteiger partial charge in [-0.25, -0.2) is 12.8 Å². The summed E-state index contributed by atoms with van der Waals surface area (Å²) in [7, 11) is -3.88. The van der Waals surface area contributed by atoms with Crippen molar-refractivity contribution in [1.29, 1.82) is 0 Å². The highest BCUT2D eigenvalue weighted by Gasteiger charge is 2.33. The van der Waals surface area contributed by atoms with Crippen LogP contribution in [0.4, 0.5) is 4.39 Å². The number of carbonyl (C=O) groups is 1. The predicted octanol–water partition coefficient (Wildman–Crippen LogP) is 2.68. The summed E-state index contributed by atoms with van der Waals surface area (Å²) in [6, 6.07) is 5.22. The van der Waals surface area contributed by atoms with Crippen LogP contribution in [0.5, 0.6) is 0 Å². The monoisotopic (exact) mass is 368 g/mol. The standard InChI is InChI=1S/C18H25FN2O3S/c19-16-10-4-5-11-17(16)25(23,24)21-12-6-9-15(13-21)20-18(22)14-7-2-1-3-8-14/h4-5,10-11,14-15H,1-3,6-9,12-13H2,(H,20,22)/t15-/m0/s1. The fourth-order valence-corrected chi connectivity index (χ4v) is 5.34. The summed E-state index contributed by atoms with van der Waals surface area (Å²) < 4.78 is 40.6. The molecule has 1 saturated heterocycles. The molecule has 7 heteroatoms. The number of carbonyl (C=O) groups excluding carboxylic acids is 1. The van der Waals surface area contributed by atoms with E-state index in [1.165, 1.54) is 28.9 Å². The largest absolute Gasteiger partial charge is 0.352 e. The zero-order valence-corrected chi connectivity index (χ0v) is 15.1. The summed E-state index contributed by atoms with van der Waals surface area (Å²) in [6.07, 6.45) is 6.57. The van der Waals surface area contributed by atoms with Crippen molar-refractivity contribution in [1.82, 2.24) is 9.62 Å². The van der Waals surface area contributed by atoms with Crippen LogP contribution < -0.4 is 5.32 Å². The summed E-state index contributed by atoms with van der Waals surface area (Å²) in [6.45, 7) is 0.557. The predicted molar refractivity (Wildman–Crippen MR) is 92.9 cm³/mol. The van der Waals surface area contributed by atoms with Crippen LogP contribution in [0, 0.1) is 11.7 Å². The van der Waals surface area contributed by atoms with Crippen molar-refractivity contribution in [2.45, 2.75) is 55.9 Å². The van der Waals surface area contributed by atoms with Crippen molar-refractivity contribution in [3.63, 3.8) is 0 Å². The first-order valence-electron chi connectivity index (χ1n) is 9.03. The van der Waals surface area contributed by atoms with E-state index in [1.807, 2.05) is 0 Å². The lowest BCUT2D eigenvalue weighted by Gasteiger charge is -2.33. The lowest BCUT2D eigenvalue weighted by molar-refractivity contribution is -0.126. The summed E-state index contributed by atoms with van der Waals surface area (Å²) in [5.74, 6) is -0.655. The quantitative estimate of drug-likeness (QED) is 0.889. The molecule has 1 saturated carbocycles. The molecule has 25 heavy (non-hydrogen) atoms. The number of piperidine rings is 1. The Hall–Kier alpha value is -1.47. The van der Waals surface area contributed by atoms with Crippen molar-refractivity contribution in [2.75, 3.05) is 13.1 Å². The number of benzene rings is 1. The number of hydrogen-bond acceptors (Lipinski definition) is 3. The Morgan fingerprint density at radius 3 is 2.52 bits per heavy atom. The van der Waals surface area contributed by atoms with Gasteiger partial charge in [-0.2, -0.15) is 4.31 Å². The second-order valence-corrected chi connectivity index (χ2v) is 8.88. The normalized spacial score (nSPS) is 23.3. The molecule has 2 fully saturated rings. The Bertz CT molecular complexity index is 717. The number of hydrogen-bond donors (Lipinski definition) is 1. The molecule has 0 radical (unpaired) electrons. The number of nitrogens with one attached hydrogen (secondary N) is 1. The smallest absolute Gasteiger partial charge is 0.246 e. The van der Waals surface area contributed by atoms with Gasteiger partial charge >= 0.3 is 0 Å². The van der Waals surface area contributed by atoms with E-state index in [9.17, 15) is 17.6 Å². The van der Waals surface area contributed by atoms with Crippen LogP contribution in [0.1, 0.15) is 44.9 Å². The molecule has 1 amide bonds. The summed E-state index contributed by atoms with van der Waals surface area (Å²) in [5, 5.41) is 3.02. The van der Waals surface area contributed by atoms with Crippen LogP contribution in [-0.4, -0.2) is 37.8 Å². The second-order valence-electron chi connectivity index (χ2n) is 6.98. The van der Waals surface area contributed by atoms with E-state index >= 15 is 0 Å². The van der Waals surface area contributed by atoms with E-state index in [0.29, 0.717) is 13.0 Å². The molecule has 1 atom stereocenters. The molecule has 1 aromatic carbocycles. The minimum Gasteiger partial charge on any atom is -0.352 e. The van der Waals surface area contributed by atoms with Crippen molar-refractivity contribution in [2.24, 2.45) is 5.92 Å². The van der Waals surface area contributed by atoms with E-state index in [0.717, 1.165) is 38.2 Å². The number of sulfonamides is 1. The first kappa shape index (κ1) is 18.3. The lowest BCUT2D eigenvalue weighted by Crippen LogP contribution is -2.50. The molecule has 0 unspecified atom stereocenters. The molecule has 5 nitrogen and oxygen atoms in total. The number of nitrogens with zero attached hydrogens (tertiary/aromatic N) is 1. The van der Waals surface area contributed by atoms with Crippen molar-refractivity contribution in [3.05, 3.63) is 30.1 Å². The van der Waals surface area contributed by atoms with Gasteiger partial charge in [0.2, 0.25) is 15.9 Å². The fourth-order valence-electron chi connectivity index (χ4n) is 3.76. The van der Waals surface area contributed by atoms with Crippen molar-refractivity contribution in [3.8, 4) is 0 Å². The number of halogens is 1. The molecule has 3 rings (SSSR count). The van der Waals surface area contributed by atoms with Gasteiger partial charge in [0.25, 0.3) is 0 Å². The first-order chi connectivity index (χ1) is 12.0. The fraction of sp³-hybridized carbons (Fsp3) is 0.611. The van der Waals surface area contributed by atoms with Crippen molar-refractivity contribution >= 4 is 15.9 Å². The molecule has 1 heterocycles. The number of amides is 1. The maximum atomic E-state index is 13.9. The third kappa shape index (κ3) is 4.20. The SMILES string of the molecule is O=C(N[C@H]1CCCN(S(=O)(=O)c2ccccc2F)C1)C1CCCCC1. The van der Waals surface area contributed by atoms with E-state index in [1.54, 1.807) is 0 Å². The summed E-state index contributed by atoms with van der Waals surface area (Å²) >= 11 is 0. The van der Waals surface area contributed by atoms with Crippen LogP contribution in [0.2, 0.25) is 0 Å². The Morgan fingerprint density at radius 1 is 1.08 bits per heavy atom. The molecule has 1 aliphatic carbocycles. The third-order valence-corrected chi connectivity index (χ3v) is 7.06. The zero-order chi connectivity index (χ0) is 17.9. The Kier molecular flexibility index (Phi) is 5.74. The summed E-state index contributed by atoms with van der Waals surface area (Å²) in [5.41, 5.74) is 0. The van der Waals surface area contributed by atoms with Gasteiger partial charge in [0, 0.05) is 25.0 Å². The van der Waals surface area contributed by atoms with Gasteiger partial charge in [0.1, 0.15) is 10.7 Å². The molecule has 1 aliphatic heterocycles. The highest BCUT2D eigenvalue weighted by molar-refractivity contribution is 7.89. The topological polar surface area (TPSA) is 66.5 Å². The van der Waals surface area contributed by atoms with E-state index in [4.69, 9.17) is 0 Å². The Balaban J connectivity index is 1.66. The Labute approximate surface area is 148 Å². The highest BCUT2D eigenvalue weighted by atomic mass is 32.2. The van der Waals surface area contributed by atoms with Crippen LogP contribution in [0.15, 0.2) is 29.2 Å². The van der Waals surface area contributed by atoms with Gasteiger partial charge in [-0.15, -0.1) is 0 Å². The van der Waals surface area contributed by atoms with Crippen LogP contribution in [-0.2, 0) is 14.8 Å². The van der Waals surface area contributed by atoms with Gasteiger partial charge in [0.15, 0.2) is 0 Å². The average Bonchev–Trinajstić information content (AvgIpc) is 2.63. The van der Waals surface area contributed by atoms with Gasteiger partial charge in [0.05, 0.1) is 0 Å². The van der Waals surface area contributed by atoms with E-state index < -0.39 is 15.8 Å². The zero-order valence-electron chi connectivity index (χ0n) is 14.3. The highest BCUT2D eigenvalue weighted by Crippen LogP contribution is 2.25. The van der Waals surface area contributed by atoms with E-state index in [2.05, 4.69) is 5.32 Å². The van der Waals surface area contributed by atoms with Crippen LogP contribution >= 0.6 is 0 Å². The molecule has 0 aromatic heterocycles. The molecule has 1 N–H and O–H groups in total. The molecule has 138 valence electrons. The molecular formula is C18H25FN2O3S. The maximum absolute atomic E-state index is 13.9. The van der Waals surface area contributed by atoms with E-state index in [-0.39, 0.29) is 29.3 Å². The Morgan fingerprint density at radius 2 is 1.80 bits per heavy atom. The molecular weight excluding hydrogens is 343 g/mol. The molecule has 0 spiro atoms. The third-order valence-electron chi connectivity index (χ3n) is 5.16. The van der Waals surface area contributed by atoms with Gasteiger partial charge in [-0.3, -0.25) is 4.79 Å². The molecule has 1 aromatic rings. The number of rotatable bonds is 4. The molecule has 2 aliphatic rings. The van der Waals surface area contributed by atoms with Crippen LogP contribution in [0.3, 0.4) is 0 Å². The van der Waals surface area contributed by atoms with Gasteiger partial charge in [-0.05, 0) is 37.8 Å². The van der Waals surface area contributed by atoms with Gasteiger partial charge in [-0.1, -0.05) is 31.4 Å². The van der Waals surface area contributed by atoms with Gasteiger partial charge < -0.3 is 5.32 Å². The van der Waals surface area contributed by atoms with Crippen LogP contribution in [0.25, 0.3) is 0 Å². The van der Waals surface area contributed by atoms with Crippen molar-refractivity contribution < 1.29 is 17.6 Å². The average molecular weight is 368 g/mol.